The summed E-state index contributed by atoms with van der Waals surface area (Å²) in [5.74, 6) is -0.580. The van der Waals surface area contributed by atoms with Crippen LogP contribution >= 0.6 is 0 Å². The first-order chi connectivity index (χ1) is 8.71. The van der Waals surface area contributed by atoms with Gasteiger partial charge < -0.3 is 15.3 Å². The minimum atomic E-state index is -1.41. The maximum atomic E-state index is 12.3. The van der Waals surface area contributed by atoms with Crippen LogP contribution < -0.4 is 0 Å². The summed E-state index contributed by atoms with van der Waals surface area (Å²) in [6.07, 6.45) is 3.01. The third-order valence-corrected chi connectivity index (χ3v) is 4.85. The standard InChI is InChI=1S/C15H24O4/c1-9(2)10-6-12-11(4-5-14(12,3)18)15(19,8-16)7-13(10)17/h6,9,11-12,16,18-19H,4-5,7-8H2,1-3H3. The van der Waals surface area contributed by atoms with Crippen molar-refractivity contribution >= 4 is 5.78 Å². The van der Waals surface area contributed by atoms with E-state index >= 15 is 0 Å². The van der Waals surface area contributed by atoms with Crippen LogP contribution in [0.1, 0.15) is 40.0 Å². The highest BCUT2D eigenvalue weighted by atomic mass is 16.3. The molecule has 108 valence electrons. The van der Waals surface area contributed by atoms with Crippen LogP contribution in [0.15, 0.2) is 11.6 Å². The van der Waals surface area contributed by atoms with E-state index in [4.69, 9.17) is 0 Å². The summed E-state index contributed by atoms with van der Waals surface area (Å²) in [7, 11) is 0. The van der Waals surface area contributed by atoms with Gasteiger partial charge in [-0.3, -0.25) is 4.79 Å². The molecule has 0 heterocycles. The summed E-state index contributed by atoms with van der Waals surface area (Å²) >= 11 is 0. The van der Waals surface area contributed by atoms with E-state index < -0.39 is 17.8 Å². The first-order valence-electron chi connectivity index (χ1n) is 7.02. The molecule has 0 aliphatic heterocycles. The number of hydrogen-bond acceptors (Lipinski definition) is 4. The number of hydrogen-bond donors (Lipinski definition) is 3. The summed E-state index contributed by atoms with van der Waals surface area (Å²) in [6, 6.07) is 0. The Labute approximate surface area is 114 Å². The molecule has 2 aliphatic carbocycles. The van der Waals surface area contributed by atoms with Crippen LogP contribution in [0.3, 0.4) is 0 Å². The number of aliphatic hydroxyl groups is 3. The first kappa shape index (κ1) is 14.7. The summed E-state index contributed by atoms with van der Waals surface area (Å²) in [5, 5.41) is 30.6. The molecule has 0 aromatic heterocycles. The molecule has 1 fully saturated rings. The van der Waals surface area contributed by atoms with Crippen LogP contribution in [0.2, 0.25) is 0 Å². The maximum absolute atomic E-state index is 12.3. The number of aliphatic hydroxyl groups excluding tert-OH is 1. The fourth-order valence-corrected chi connectivity index (χ4v) is 3.61. The molecule has 0 aromatic rings. The monoisotopic (exact) mass is 268 g/mol. The smallest absolute Gasteiger partial charge is 0.161 e. The molecule has 1 saturated carbocycles. The van der Waals surface area contributed by atoms with Crippen molar-refractivity contribution in [3.8, 4) is 0 Å². The molecule has 4 unspecified atom stereocenters. The van der Waals surface area contributed by atoms with Gasteiger partial charge >= 0.3 is 0 Å². The number of rotatable bonds is 2. The van der Waals surface area contributed by atoms with Crippen LogP contribution in [0.5, 0.6) is 0 Å². The van der Waals surface area contributed by atoms with E-state index in [-0.39, 0.29) is 30.0 Å². The molecule has 0 bridgehead atoms. The number of Topliss-reactive ketones (excluding diaryl/α,β-unsaturated/α-hetero) is 1. The number of carbonyl (C=O) groups excluding carboxylic acids is 1. The van der Waals surface area contributed by atoms with Gasteiger partial charge in [-0.2, -0.15) is 0 Å². The lowest BCUT2D eigenvalue weighted by Crippen LogP contribution is -2.46. The molecule has 0 spiro atoms. The molecule has 3 N–H and O–H groups in total. The number of carbonyl (C=O) groups is 1. The van der Waals surface area contributed by atoms with E-state index in [2.05, 4.69) is 0 Å². The summed E-state index contributed by atoms with van der Waals surface area (Å²) < 4.78 is 0. The van der Waals surface area contributed by atoms with Gasteiger partial charge in [-0.05, 0) is 37.2 Å². The number of fused-ring (bicyclic) bond motifs is 1. The van der Waals surface area contributed by atoms with Crippen molar-refractivity contribution in [1.82, 2.24) is 0 Å². The summed E-state index contributed by atoms with van der Waals surface area (Å²) in [6.45, 7) is 5.19. The highest BCUT2D eigenvalue weighted by Crippen LogP contribution is 2.49. The van der Waals surface area contributed by atoms with Gasteiger partial charge in [0.05, 0.1) is 17.8 Å². The molecule has 4 atom stereocenters. The van der Waals surface area contributed by atoms with Gasteiger partial charge in [0, 0.05) is 12.3 Å². The lowest BCUT2D eigenvalue weighted by Gasteiger charge is -2.35. The van der Waals surface area contributed by atoms with Crippen molar-refractivity contribution in [2.45, 2.75) is 51.2 Å². The normalized spacial score (nSPS) is 43.1. The Bertz CT molecular complexity index is 410. The van der Waals surface area contributed by atoms with Gasteiger partial charge in [0.25, 0.3) is 0 Å². The van der Waals surface area contributed by atoms with Gasteiger partial charge in [0.15, 0.2) is 5.78 Å². The maximum Gasteiger partial charge on any atom is 0.161 e. The average molecular weight is 268 g/mol. The van der Waals surface area contributed by atoms with E-state index in [1.54, 1.807) is 6.92 Å². The third kappa shape index (κ3) is 2.37. The Balaban J connectivity index is 2.49. The Morgan fingerprint density at radius 1 is 1.42 bits per heavy atom. The lowest BCUT2D eigenvalue weighted by atomic mass is 9.77. The molecule has 2 aliphatic rings. The van der Waals surface area contributed by atoms with Crippen LogP contribution in [-0.2, 0) is 4.79 Å². The molecular weight excluding hydrogens is 244 g/mol. The number of allylic oxidation sites excluding steroid dienone is 1. The molecule has 0 aromatic carbocycles. The van der Waals surface area contributed by atoms with Crippen LogP contribution in [-0.4, -0.2) is 38.9 Å². The van der Waals surface area contributed by atoms with E-state index in [0.29, 0.717) is 18.4 Å². The molecular formula is C15H24O4. The van der Waals surface area contributed by atoms with E-state index in [1.807, 2.05) is 19.9 Å². The second-order valence-corrected chi connectivity index (χ2v) is 6.67. The fourth-order valence-electron chi connectivity index (χ4n) is 3.61. The predicted octanol–water partition coefficient (Wildman–Crippen LogP) is 1.04. The van der Waals surface area contributed by atoms with Crippen molar-refractivity contribution in [3.63, 3.8) is 0 Å². The van der Waals surface area contributed by atoms with Gasteiger partial charge in [0.1, 0.15) is 0 Å². The summed E-state index contributed by atoms with van der Waals surface area (Å²) in [4.78, 5) is 12.3. The Kier molecular flexibility index (Phi) is 3.62. The van der Waals surface area contributed by atoms with Gasteiger partial charge in [-0.1, -0.05) is 19.9 Å². The minimum absolute atomic E-state index is 0.0508. The van der Waals surface area contributed by atoms with Crippen LogP contribution in [0, 0.1) is 17.8 Å². The Morgan fingerprint density at radius 2 is 2.05 bits per heavy atom. The molecule has 0 saturated heterocycles. The molecule has 4 heteroatoms. The van der Waals surface area contributed by atoms with E-state index in [0.717, 1.165) is 0 Å². The first-order valence-corrected chi connectivity index (χ1v) is 7.02. The van der Waals surface area contributed by atoms with E-state index in [1.165, 1.54) is 0 Å². The van der Waals surface area contributed by atoms with Crippen molar-refractivity contribution in [3.05, 3.63) is 11.6 Å². The molecule has 0 radical (unpaired) electrons. The second kappa shape index (κ2) is 4.69. The zero-order chi connectivity index (χ0) is 14.4. The summed E-state index contributed by atoms with van der Waals surface area (Å²) in [5.41, 5.74) is -1.66. The Morgan fingerprint density at radius 3 is 2.58 bits per heavy atom. The minimum Gasteiger partial charge on any atom is -0.393 e. The fraction of sp³-hybridized carbons (Fsp3) is 0.800. The van der Waals surface area contributed by atoms with Gasteiger partial charge in [0.2, 0.25) is 0 Å². The van der Waals surface area contributed by atoms with E-state index in [9.17, 15) is 20.1 Å². The van der Waals surface area contributed by atoms with Crippen molar-refractivity contribution in [1.29, 1.82) is 0 Å². The second-order valence-electron chi connectivity index (χ2n) is 6.67. The zero-order valence-electron chi connectivity index (χ0n) is 11.9. The van der Waals surface area contributed by atoms with Crippen molar-refractivity contribution in [2.75, 3.05) is 6.61 Å². The topological polar surface area (TPSA) is 77.8 Å². The molecule has 4 nitrogen and oxygen atoms in total. The quantitative estimate of drug-likeness (QED) is 0.699. The predicted molar refractivity (Wildman–Crippen MR) is 71.4 cm³/mol. The highest BCUT2D eigenvalue weighted by molar-refractivity contribution is 5.96. The van der Waals surface area contributed by atoms with Gasteiger partial charge in [-0.15, -0.1) is 0 Å². The average Bonchev–Trinajstić information content (AvgIpc) is 2.54. The largest absolute Gasteiger partial charge is 0.393 e. The lowest BCUT2D eigenvalue weighted by molar-refractivity contribution is -0.128. The van der Waals surface area contributed by atoms with Crippen molar-refractivity contribution in [2.24, 2.45) is 17.8 Å². The van der Waals surface area contributed by atoms with Gasteiger partial charge in [-0.25, -0.2) is 0 Å². The molecule has 2 rings (SSSR count). The SMILES string of the molecule is CC(C)C1=CC2C(CCC2(C)O)C(O)(CO)CC1=O. The van der Waals surface area contributed by atoms with Crippen LogP contribution in [0.25, 0.3) is 0 Å². The van der Waals surface area contributed by atoms with Crippen LogP contribution in [0.4, 0.5) is 0 Å². The highest BCUT2D eigenvalue weighted by Gasteiger charge is 2.54. The Hall–Kier alpha value is -0.710. The third-order valence-electron chi connectivity index (χ3n) is 4.85. The van der Waals surface area contributed by atoms with Crippen molar-refractivity contribution < 1.29 is 20.1 Å². The number of ketones is 1. The molecule has 0 amide bonds. The zero-order valence-corrected chi connectivity index (χ0v) is 11.9. The molecule has 19 heavy (non-hydrogen) atoms.